The third kappa shape index (κ3) is 6.03. The minimum atomic E-state index is -1.23. The molecule has 0 aliphatic heterocycles. The van der Waals surface area contributed by atoms with E-state index < -0.39 is 12.1 Å². The number of hydrogen-bond donors (Lipinski definition) is 2. The third-order valence-corrected chi connectivity index (χ3v) is 0.357. The van der Waals surface area contributed by atoms with Crippen LogP contribution in [0.25, 0.3) is 0 Å². The van der Waals surface area contributed by atoms with Gasteiger partial charge in [0.2, 0.25) is 0 Å². The molecular formula is C3H7LiO3. The van der Waals surface area contributed by atoms with Crippen LogP contribution in [0.4, 0.5) is 0 Å². The van der Waals surface area contributed by atoms with Gasteiger partial charge in [-0.2, -0.15) is 0 Å². The topological polar surface area (TPSA) is 57.5 Å². The molecule has 7 heavy (non-hydrogen) atoms. The molecule has 0 aliphatic rings. The van der Waals surface area contributed by atoms with Crippen molar-refractivity contribution in [2.75, 3.05) is 0 Å². The molecular weight excluding hydrogens is 91.0 g/mol. The maximum Gasteiger partial charge on any atom is 1.00 e. The van der Waals surface area contributed by atoms with Crippen LogP contribution in [0.2, 0.25) is 0 Å². The smallest absolute Gasteiger partial charge is 1.00 e. The second-order valence-electron chi connectivity index (χ2n) is 1.01. The molecule has 4 heteroatoms. The van der Waals surface area contributed by atoms with Crippen LogP contribution in [-0.2, 0) is 4.79 Å². The van der Waals surface area contributed by atoms with E-state index in [1.165, 1.54) is 6.92 Å². The molecule has 3 nitrogen and oxygen atoms in total. The molecule has 0 fully saturated rings. The van der Waals surface area contributed by atoms with E-state index in [2.05, 4.69) is 0 Å². The Morgan fingerprint density at radius 3 is 2.00 bits per heavy atom. The fourth-order valence-corrected chi connectivity index (χ4v) is 0. The third-order valence-electron chi connectivity index (χ3n) is 0.357. The van der Waals surface area contributed by atoms with Gasteiger partial charge in [0.25, 0.3) is 0 Å². The Kier molecular flexibility index (Phi) is 6.05. The molecule has 0 saturated carbocycles. The quantitative estimate of drug-likeness (QED) is 0.335. The Morgan fingerprint density at radius 2 is 2.00 bits per heavy atom. The summed E-state index contributed by atoms with van der Waals surface area (Å²) < 4.78 is 0. The van der Waals surface area contributed by atoms with Gasteiger partial charge < -0.3 is 11.6 Å². The Hall–Kier alpha value is 0.0274. The number of carbonyl (C=O) groups is 1. The summed E-state index contributed by atoms with van der Waals surface area (Å²) in [5.41, 5.74) is 0. The van der Waals surface area contributed by atoms with Gasteiger partial charge in [0.05, 0.1) is 0 Å². The minimum Gasteiger partial charge on any atom is -1.00 e. The predicted octanol–water partition coefficient (Wildman–Crippen LogP) is -3.43. The molecule has 0 saturated heterocycles. The van der Waals surface area contributed by atoms with E-state index in [1.807, 2.05) is 0 Å². The van der Waals surface area contributed by atoms with Crippen LogP contribution >= 0.6 is 0 Å². The van der Waals surface area contributed by atoms with Gasteiger partial charge in [0.1, 0.15) is 6.10 Å². The van der Waals surface area contributed by atoms with Crippen molar-refractivity contribution in [1.82, 2.24) is 0 Å². The Morgan fingerprint density at radius 1 is 1.86 bits per heavy atom. The second-order valence-corrected chi connectivity index (χ2v) is 1.01. The van der Waals surface area contributed by atoms with Crippen LogP contribution in [-0.4, -0.2) is 22.3 Å². The van der Waals surface area contributed by atoms with Crippen molar-refractivity contribution in [2.24, 2.45) is 0 Å². The van der Waals surface area contributed by atoms with Crippen molar-refractivity contribution in [1.29, 1.82) is 0 Å². The molecule has 1 atom stereocenters. The summed E-state index contributed by atoms with van der Waals surface area (Å²) in [6.07, 6.45) is -1.23. The SMILES string of the molecule is C[C@H](O)C(=O)O.[H-].[Li+]. The average Bonchev–Trinajstić information content (AvgIpc) is 1.36. The number of aliphatic carboxylic acids is 1. The maximum absolute atomic E-state index is 9.45. The summed E-state index contributed by atoms with van der Waals surface area (Å²) in [5.74, 6) is -1.19. The molecule has 0 heterocycles. The van der Waals surface area contributed by atoms with Crippen LogP contribution in [0, 0.1) is 0 Å². The van der Waals surface area contributed by atoms with Crippen molar-refractivity contribution in [2.45, 2.75) is 13.0 Å². The Labute approximate surface area is 55.0 Å². The molecule has 0 radical (unpaired) electrons. The first-order chi connectivity index (χ1) is 2.64. The first-order valence-corrected chi connectivity index (χ1v) is 1.55. The maximum atomic E-state index is 9.45. The normalized spacial score (nSPS) is 11.7. The number of aliphatic hydroxyl groups is 1. The standard InChI is InChI=1S/C3H6O3.Li.H/c1-2(4)3(5)6;;/h2,4H,1H3,(H,5,6);;/q;+1;-1/t2-;;/m0../s1. The van der Waals surface area contributed by atoms with Crippen molar-refractivity contribution in [3.63, 3.8) is 0 Å². The van der Waals surface area contributed by atoms with Gasteiger partial charge in [-0.25, -0.2) is 4.79 Å². The van der Waals surface area contributed by atoms with Crippen LogP contribution in [0.15, 0.2) is 0 Å². The van der Waals surface area contributed by atoms with E-state index in [9.17, 15) is 4.79 Å². The molecule has 0 bridgehead atoms. The average molecular weight is 98.0 g/mol. The van der Waals surface area contributed by atoms with E-state index >= 15 is 0 Å². The van der Waals surface area contributed by atoms with Crippen molar-refractivity contribution in [3.8, 4) is 0 Å². The summed E-state index contributed by atoms with van der Waals surface area (Å²) >= 11 is 0. The zero-order valence-electron chi connectivity index (χ0n) is 5.38. The molecule has 0 aromatic rings. The van der Waals surface area contributed by atoms with Gasteiger partial charge >= 0.3 is 24.8 Å². The van der Waals surface area contributed by atoms with Gasteiger partial charge in [-0.15, -0.1) is 0 Å². The molecule has 0 rings (SSSR count). The fourth-order valence-electron chi connectivity index (χ4n) is 0. The van der Waals surface area contributed by atoms with E-state index in [0.717, 1.165) is 0 Å². The predicted molar refractivity (Wildman–Crippen MR) is 20.4 cm³/mol. The second kappa shape index (κ2) is 4.19. The van der Waals surface area contributed by atoms with E-state index in [4.69, 9.17) is 10.2 Å². The largest absolute Gasteiger partial charge is 1.00 e. The number of carboxylic acids is 1. The van der Waals surface area contributed by atoms with Gasteiger partial charge in [-0.3, -0.25) is 0 Å². The number of carboxylic acid groups (broad SMARTS) is 1. The Bertz CT molecular complexity index is 65.5. The number of aliphatic hydroxyl groups excluding tert-OH is 1. The summed E-state index contributed by atoms with van der Waals surface area (Å²) in [4.78, 5) is 9.45. The van der Waals surface area contributed by atoms with Gasteiger partial charge in [-0.05, 0) is 6.92 Å². The van der Waals surface area contributed by atoms with Crippen LogP contribution in [0.1, 0.15) is 8.35 Å². The molecule has 0 amide bonds. The first kappa shape index (κ1) is 10.1. The van der Waals surface area contributed by atoms with E-state index in [-0.39, 0.29) is 20.3 Å². The molecule has 0 unspecified atom stereocenters. The van der Waals surface area contributed by atoms with Crippen molar-refractivity contribution in [3.05, 3.63) is 0 Å². The van der Waals surface area contributed by atoms with Crippen LogP contribution < -0.4 is 18.9 Å². The van der Waals surface area contributed by atoms with E-state index in [1.54, 1.807) is 0 Å². The summed E-state index contributed by atoms with van der Waals surface area (Å²) in [6.45, 7) is 1.20. The van der Waals surface area contributed by atoms with Gasteiger partial charge in [-0.1, -0.05) is 0 Å². The molecule has 38 valence electrons. The monoisotopic (exact) mass is 98.1 g/mol. The van der Waals surface area contributed by atoms with Crippen LogP contribution in [0.5, 0.6) is 0 Å². The zero-order valence-corrected chi connectivity index (χ0v) is 4.38. The molecule has 0 aliphatic carbocycles. The molecule has 2 N–H and O–H groups in total. The first-order valence-electron chi connectivity index (χ1n) is 1.55. The molecule has 0 aromatic heterocycles. The fraction of sp³-hybridized carbons (Fsp3) is 0.667. The van der Waals surface area contributed by atoms with Crippen molar-refractivity contribution >= 4 is 5.97 Å². The van der Waals surface area contributed by atoms with E-state index in [0.29, 0.717) is 0 Å². The summed E-state index contributed by atoms with van der Waals surface area (Å²) in [6, 6.07) is 0. The van der Waals surface area contributed by atoms with Crippen LogP contribution in [0.3, 0.4) is 0 Å². The zero-order chi connectivity index (χ0) is 5.15. The number of hydrogen-bond acceptors (Lipinski definition) is 2. The van der Waals surface area contributed by atoms with Gasteiger partial charge in [0, 0.05) is 0 Å². The minimum absolute atomic E-state index is 0. The Balaban J connectivity index is -0.000000125. The summed E-state index contributed by atoms with van der Waals surface area (Å²) in [5, 5.41) is 15.8. The van der Waals surface area contributed by atoms with Crippen molar-refractivity contribution < 1.29 is 35.3 Å². The summed E-state index contributed by atoms with van der Waals surface area (Å²) in [7, 11) is 0. The molecule has 0 aromatic carbocycles. The number of rotatable bonds is 1. The molecule has 0 spiro atoms. The van der Waals surface area contributed by atoms with Gasteiger partial charge in [0.15, 0.2) is 0 Å².